The Hall–Kier alpha value is -1.38. The van der Waals surface area contributed by atoms with Gasteiger partial charge < -0.3 is 49.2 Å². The highest BCUT2D eigenvalue weighted by molar-refractivity contribution is 5.69. The van der Waals surface area contributed by atoms with E-state index in [0.29, 0.717) is 12.8 Å². The number of aliphatic hydroxyl groups is 5. The van der Waals surface area contributed by atoms with E-state index < -0.39 is 73.4 Å². The van der Waals surface area contributed by atoms with E-state index in [4.69, 9.17) is 23.7 Å². The van der Waals surface area contributed by atoms with Crippen molar-refractivity contribution in [2.45, 2.75) is 191 Å². The van der Waals surface area contributed by atoms with Crippen molar-refractivity contribution >= 4 is 11.9 Å². The number of ether oxygens (including phenoxy) is 5. The van der Waals surface area contributed by atoms with Gasteiger partial charge in [-0.2, -0.15) is 0 Å². The number of unbranched alkanes of at least 4 members (excludes halogenated alkanes) is 13. The number of carbonyl (C=O) groups is 2. The van der Waals surface area contributed by atoms with E-state index in [1.165, 1.54) is 64.7 Å². The summed E-state index contributed by atoms with van der Waals surface area (Å²) >= 11 is 0. The zero-order chi connectivity index (χ0) is 33.2. The molecular formula is C33H60O12. The molecule has 2 fully saturated rings. The van der Waals surface area contributed by atoms with Crippen molar-refractivity contribution in [2.24, 2.45) is 0 Å². The van der Waals surface area contributed by atoms with Crippen LogP contribution in [0.25, 0.3) is 0 Å². The largest absolute Gasteiger partial charge is 0.463 e. The van der Waals surface area contributed by atoms with Gasteiger partial charge in [0.2, 0.25) is 0 Å². The van der Waals surface area contributed by atoms with Gasteiger partial charge in [-0.3, -0.25) is 9.59 Å². The van der Waals surface area contributed by atoms with Crippen LogP contribution in [0, 0.1) is 0 Å². The van der Waals surface area contributed by atoms with Crippen LogP contribution in [0.15, 0.2) is 0 Å². The fourth-order valence-electron chi connectivity index (χ4n) is 5.71. The van der Waals surface area contributed by atoms with Crippen LogP contribution in [0.4, 0.5) is 0 Å². The molecule has 0 aromatic heterocycles. The molecule has 264 valence electrons. The van der Waals surface area contributed by atoms with Crippen LogP contribution in [0.5, 0.6) is 0 Å². The summed E-state index contributed by atoms with van der Waals surface area (Å²) < 4.78 is 27.0. The van der Waals surface area contributed by atoms with Crippen molar-refractivity contribution in [3.05, 3.63) is 0 Å². The predicted octanol–water partition coefficient (Wildman–Crippen LogP) is 3.40. The summed E-state index contributed by atoms with van der Waals surface area (Å²) in [6.45, 7) is 5.30. The molecule has 2 heterocycles. The lowest BCUT2D eigenvalue weighted by Gasteiger charge is -2.45. The number of hydrogen-bond donors (Lipinski definition) is 5. The molecule has 2 rings (SSSR count). The van der Waals surface area contributed by atoms with Gasteiger partial charge >= 0.3 is 11.9 Å². The van der Waals surface area contributed by atoms with Crippen LogP contribution < -0.4 is 0 Å². The second kappa shape index (κ2) is 22.2. The van der Waals surface area contributed by atoms with Crippen molar-refractivity contribution < 1.29 is 58.8 Å². The normalized spacial score (nSPS) is 31.9. The molecule has 0 unspecified atom stereocenters. The SMILES string of the molecule is CCCCCCCCCCCCCCCC(=O)OC[C@H]1O[C@@H](O)[C@H](O[C@@H]2O[C@@H](C)[C@H](OC(=O)CCCC)[C@@H](O)[C@H]2O)[C@@H](O)[C@@H]1O. The maximum atomic E-state index is 12.2. The third-order valence-corrected chi connectivity index (χ3v) is 8.63. The summed E-state index contributed by atoms with van der Waals surface area (Å²) in [5.74, 6) is -0.989. The van der Waals surface area contributed by atoms with Gasteiger partial charge in [-0.1, -0.05) is 97.3 Å². The molecule has 2 saturated heterocycles. The molecule has 0 aromatic rings. The highest BCUT2D eigenvalue weighted by Gasteiger charge is 2.51. The van der Waals surface area contributed by atoms with Gasteiger partial charge in [-0.25, -0.2) is 0 Å². The average molecular weight is 649 g/mol. The highest BCUT2D eigenvalue weighted by Crippen LogP contribution is 2.30. The summed E-state index contributed by atoms with van der Waals surface area (Å²) in [7, 11) is 0. The first-order valence-electron chi connectivity index (χ1n) is 17.3. The minimum absolute atomic E-state index is 0.161. The first-order chi connectivity index (χ1) is 21.6. The van der Waals surface area contributed by atoms with Crippen molar-refractivity contribution in [3.63, 3.8) is 0 Å². The zero-order valence-electron chi connectivity index (χ0n) is 27.6. The van der Waals surface area contributed by atoms with Crippen molar-refractivity contribution in [3.8, 4) is 0 Å². The maximum absolute atomic E-state index is 12.2. The fourth-order valence-corrected chi connectivity index (χ4v) is 5.71. The van der Waals surface area contributed by atoms with E-state index in [9.17, 15) is 35.1 Å². The molecular weight excluding hydrogens is 588 g/mol. The third-order valence-electron chi connectivity index (χ3n) is 8.63. The quantitative estimate of drug-likeness (QED) is 0.0854. The van der Waals surface area contributed by atoms with E-state index in [-0.39, 0.29) is 19.4 Å². The highest BCUT2D eigenvalue weighted by atomic mass is 16.7. The molecule has 0 bridgehead atoms. The summed E-state index contributed by atoms with van der Waals surface area (Å²) in [6, 6.07) is 0. The molecule has 0 amide bonds. The number of carbonyl (C=O) groups excluding carboxylic acids is 2. The Labute approximate surface area is 268 Å². The van der Waals surface area contributed by atoms with E-state index in [2.05, 4.69) is 6.92 Å². The number of aliphatic hydroxyl groups excluding tert-OH is 5. The summed E-state index contributed by atoms with van der Waals surface area (Å²) in [5, 5.41) is 52.9. The standard InChI is InChI=1S/C33H60O12/c1-4-6-8-9-10-11-12-13-14-15-16-17-18-20-24(34)41-21-23-26(36)27(37)31(32(40)43-23)45-33-29(39)28(38)30(22(3)42-33)44-25(35)19-7-5-2/h22-23,26-33,36-40H,4-21H2,1-3H3/t22-,23+,26+,27-,28-,29+,30-,31+,32+,33-/m0/s1. The second-order valence-corrected chi connectivity index (χ2v) is 12.6. The lowest BCUT2D eigenvalue weighted by molar-refractivity contribution is -0.359. The Balaban J connectivity index is 1.65. The minimum Gasteiger partial charge on any atom is -0.463 e. The van der Waals surface area contributed by atoms with Gasteiger partial charge in [-0.05, 0) is 19.8 Å². The second-order valence-electron chi connectivity index (χ2n) is 12.6. The molecule has 0 radical (unpaired) electrons. The van der Waals surface area contributed by atoms with Crippen LogP contribution in [-0.2, 0) is 33.3 Å². The van der Waals surface area contributed by atoms with E-state index in [1.807, 2.05) is 6.92 Å². The first-order valence-corrected chi connectivity index (χ1v) is 17.3. The van der Waals surface area contributed by atoms with E-state index >= 15 is 0 Å². The fraction of sp³-hybridized carbons (Fsp3) is 0.939. The van der Waals surface area contributed by atoms with Crippen molar-refractivity contribution in [1.82, 2.24) is 0 Å². The smallest absolute Gasteiger partial charge is 0.306 e. The van der Waals surface area contributed by atoms with Crippen LogP contribution in [0.2, 0.25) is 0 Å². The molecule has 0 spiro atoms. The molecule has 0 saturated carbocycles. The van der Waals surface area contributed by atoms with Crippen LogP contribution in [0.1, 0.15) is 130 Å². The summed E-state index contributed by atoms with van der Waals surface area (Å²) in [4.78, 5) is 24.2. The van der Waals surface area contributed by atoms with Crippen LogP contribution in [-0.4, -0.2) is 105 Å². The molecule has 12 nitrogen and oxygen atoms in total. The molecule has 2 aliphatic rings. The molecule has 2 aliphatic heterocycles. The Kier molecular flexibility index (Phi) is 19.7. The summed E-state index contributed by atoms with van der Waals surface area (Å²) in [5.41, 5.74) is 0. The van der Waals surface area contributed by atoms with Gasteiger partial charge in [0.15, 0.2) is 18.7 Å². The zero-order valence-corrected chi connectivity index (χ0v) is 27.6. The predicted molar refractivity (Wildman–Crippen MR) is 165 cm³/mol. The number of rotatable bonds is 22. The Bertz CT molecular complexity index is 813. The number of esters is 2. The van der Waals surface area contributed by atoms with Gasteiger partial charge in [0.25, 0.3) is 0 Å². The lowest BCUT2D eigenvalue weighted by Crippen LogP contribution is -2.64. The number of hydrogen-bond acceptors (Lipinski definition) is 12. The van der Waals surface area contributed by atoms with Crippen molar-refractivity contribution in [1.29, 1.82) is 0 Å². The van der Waals surface area contributed by atoms with Crippen LogP contribution >= 0.6 is 0 Å². The lowest BCUT2D eigenvalue weighted by atomic mass is 9.97. The third kappa shape index (κ3) is 14.1. The average Bonchev–Trinajstić information content (AvgIpc) is 3.02. The van der Waals surface area contributed by atoms with Gasteiger partial charge in [0.05, 0.1) is 6.10 Å². The molecule has 0 aliphatic carbocycles. The first kappa shape index (κ1) is 39.8. The summed E-state index contributed by atoms with van der Waals surface area (Å²) in [6.07, 6.45) is 2.75. The van der Waals surface area contributed by atoms with Gasteiger partial charge in [-0.15, -0.1) is 0 Å². The maximum Gasteiger partial charge on any atom is 0.306 e. The molecule has 45 heavy (non-hydrogen) atoms. The van der Waals surface area contributed by atoms with E-state index in [0.717, 1.165) is 25.7 Å². The molecule has 12 heteroatoms. The Morgan fingerprint density at radius 3 is 1.69 bits per heavy atom. The van der Waals surface area contributed by atoms with E-state index in [1.54, 1.807) is 0 Å². The topological polar surface area (TPSA) is 181 Å². The van der Waals surface area contributed by atoms with Gasteiger partial charge in [0, 0.05) is 12.8 Å². The van der Waals surface area contributed by atoms with Crippen LogP contribution in [0.3, 0.4) is 0 Å². The van der Waals surface area contributed by atoms with Crippen molar-refractivity contribution in [2.75, 3.05) is 6.61 Å². The Morgan fingerprint density at radius 1 is 0.600 bits per heavy atom. The molecule has 0 aromatic carbocycles. The Morgan fingerprint density at radius 2 is 1.11 bits per heavy atom. The van der Waals surface area contributed by atoms with Gasteiger partial charge in [0.1, 0.15) is 43.2 Å². The molecule has 10 atom stereocenters. The minimum atomic E-state index is -1.76. The molecule has 5 N–H and O–H groups in total. The monoisotopic (exact) mass is 648 g/mol.